The number of ether oxygens (including phenoxy) is 3. The molecule has 0 N–H and O–H groups in total. The van der Waals surface area contributed by atoms with Gasteiger partial charge in [0.15, 0.2) is 0 Å². The molecule has 2 aromatic carbocycles. The van der Waals surface area contributed by atoms with Crippen LogP contribution in [0.2, 0.25) is 0 Å². The maximum absolute atomic E-state index is 7.01. The smallest absolute Gasteiger partial charge is 0.350 e. The Kier molecular flexibility index (Phi) is 9.86. The lowest BCUT2D eigenvalue weighted by Gasteiger charge is -2.41. The van der Waals surface area contributed by atoms with Crippen LogP contribution < -0.4 is 9.47 Å². The van der Waals surface area contributed by atoms with Gasteiger partial charge in [-0.2, -0.15) is 0 Å². The highest BCUT2D eigenvalue weighted by Gasteiger charge is 2.42. The topological polar surface area (TPSA) is 46.7 Å². The summed E-state index contributed by atoms with van der Waals surface area (Å²) in [6.07, 6.45) is 8.07. The molecule has 2 atom stereocenters. The SMILES string of the molecule is C[N+]1=C2N(CCCc3cc(C(C)(C)C)cc4c3OC3OC4Oc4c(CCCN5CCCN6CCC[N+](C)=C56)cc(C(C)(C)C)cc43)CCCN2CCC1. The molecule has 0 amide bonds. The van der Waals surface area contributed by atoms with Crippen LogP contribution >= 0.6 is 0 Å². The number of aryl methyl sites for hydroxylation is 2. The van der Waals surface area contributed by atoms with Crippen LogP contribution in [-0.2, 0) is 28.4 Å². The summed E-state index contributed by atoms with van der Waals surface area (Å²) >= 11 is 0. The first-order valence-electron chi connectivity index (χ1n) is 20.8. The lowest BCUT2D eigenvalue weighted by atomic mass is 9.83. The van der Waals surface area contributed by atoms with E-state index in [4.69, 9.17) is 14.2 Å². The van der Waals surface area contributed by atoms with Crippen LogP contribution in [0.5, 0.6) is 11.5 Å². The molecule has 0 spiro atoms. The molecule has 2 aromatic rings. The number of hydrogen-bond donors (Lipinski definition) is 0. The Morgan fingerprint density at radius 1 is 0.585 bits per heavy atom. The van der Waals surface area contributed by atoms with E-state index in [1.54, 1.807) is 0 Å². The third kappa shape index (κ3) is 7.24. The summed E-state index contributed by atoms with van der Waals surface area (Å²) in [5, 5.41) is 0. The predicted molar refractivity (Wildman–Crippen MR) is 212 cm³/mol. The van der Waals surface area contributed by atoms with Crippen molar-refractivity contribution in [2.24, 2.45) is 0 Å². The lowest BCUT2D eigenvalue weighted by molar-refractivity contribution is -0.515. The zero-order valence-corrected chi connectivity index (χ0v) is 34.1. The van der Waals surface area contributed by atoms with Gasteiger partial charge in [0.25, 0.3) is 0 Å². The molecule has 0 radical (unpaired) electrons. The average molecular weight is 727 g/mol. The summed E-state index contributed by atoms with van der Waals surface area (Å²) in [7, 11) is 4.53. The maximum Gasteiger partial charge on any atom is 0.350 e. The third-order valence-electron chi connectivity index (χ3n) is 12.4. The Bertz CT molecular complexity index is 1640. The number of nitrogens with zero attached hydrogens (tertiary/aromatic N) is 6. The fourth-order valence-electron chi connectivity index (χ4n) is 9.59. The first-order valence-corrected chi connectivity index (χ1v) is 20.8. The van der Waals surface area contributed by atoms with E-state index < -0.39 is 12.6 Å². The molecule has 6 aliphatic heterocycles. The van der Waals surface area contributed by atoms with E-state index in [0.29, 0.717) is 0 Å². The summed E-state index contributed by atoms with van der Waals surface area (Å²) in [4.78, 5) is 10.5. The normalized spacial score (nSPS) is 22.9. The number of benzene rings is 2. The van der Waals surface area contributed by atoms with Crippen molar-refractivity contribution in [3.05, 3.63) is 57.6 Å². The van der Waals surface area contributed by atoms with Gasteiger partial charge in [-0.15, -0.1) is 0 Å². The van der Waals surface area contributed by atoms with E-state index in [9.17, 15) is 0 Å². The van der Waals surface area contributed by atoms with E-state index in [1.807, 2.05) is 0 Å². The summed E-state index contributed by atoms with van der Waals surface area (Å²) in [6, 6.07) is 9.40. The van der Waals surface area contributed by atoms with Crippen LogP contribution in [0.1, 0.15) is 126 Å². The summed E-state index contributed by atoms with van der Waals surface area (Å²) < 4.78 is 25.6. The lowest BCUT2D eigenvalue weighted by Crippen LogP contribution is -2.57. The van der Waals surface area contributed by atoms with Crippen LogP contribution in [0.4, 0.5) is 0 Å². The van der Waals surface area contributed by atoms with Gasteiger partial charge >= 0.3 is 11.9 Å². The molecule has 2 unspecified atom stereocenters. The first kappa shape index (κ1) is 36.5. The van der Waals surface area contributed by atoms with E-state index >= 15 is 0 Å². The quantitative estimate of drug-likeness (QED) is 0.290. The van der Waals surface area contributed by atoms with Crippen molar-refractivity contribution in [2.75, 3.05) is 79.5 Å². The van der Waals surface area contributed by atoms with Gasteiger partial charge in [0.1, 0.15) is 11.5 Å². The van der Waals surface area contributed by atoms with Crippen molar-refractivity contribution < 1.29 is 23.4 Å². The number of hydrogen-bond acceptors (Lipinski definition) is 7. The Morgan fingerprint density at radius 3 is 1.42 bits per heavy atom. The van der Waals surface area contributed by atoms with Crippen molar-refractivity contribution >= 4 is 11.9 Å². The second-order valence-corrected chi connectivity index (χ2v) is 18.7. The minimum Gasteiger partial charge on any atom is -0.459 e. The summed E-state index contributed by atoms with van der Waals surface area (Å²) in [6.45, 7) is 25.2. The first-order chi connectivity index (χ1) is 25.3. The van der Waals surface area contributed by atoms with Gasteiger partial charge < -0.3 is 9.47 Å². The molecule has 6 aliphatic rings. The predicted octanol–water partition coefficient (Wildman–Crippen LogP) is 6.47. The standard InChI is InChI=1S/C44H66N6O3/c1-43(2,3)33-27-31(15-9-19-47-23-13-25-49-21-11-17-45(7)41(47)49)37-35(29-33)39-52-38-32(28-34(44(4,5)6)30-36(38)40(51-37)53-39)16-10-20-48-24-14-26-50-22-12-18-46(8)42(48)50/h27-30,39-40H,9-26H2,1-8H3/q+2. The Labute approximate surface area is 319 Å². The number of fused-ring (bicyclic) bond motifs is 8. The van der Waals surface area contributed by atoms with Crippen LogP contribution in [0.25, 0.3) is 0 Å². The maximum atomic E-state index is 7.01. The fourth-order valence-corrected chi connectivity index (χ4v) is 9.59. The van der Waals surface area contributed by atoms with E-state index in [2.05, 4.69) is 109 Å². The highest BCUT2D eigenvalue weighted by atomic mass is 16.8. The van der Waals surface area contributed by atoms with Crippen molar-refractivity contribution in [1.82, 2.24) is 19.6 Å². The fraction of sp³-hybridized carbons (Fsp3) is 0.682. The molecule has 6 heterocycles. The Balaban J connectivity index is 1.06. The van der Waals surface area contributed by atoms with Gasteiger partial charge in [0, 0.05) is 25.7 Å². The van der Waals surface area contributed by atoms with Crippen molar-refractivity contribution in [3.8, 4) is 11.5 Å². The molecule has 0 aliphatic carbocycles. The molecule has 53 heavy (non-hydrogen) atoms. The second-order valence-electron chi connectivity index (χ2n) is 18.7. The molecule has 8 rings (SSSR count). The zero-order valence-electron chi connectivity index (χ0n) is 34.1. The van der Waals surface area contributed by atoms with Gasteiger partial charge in [-0.1, -0.05) is 53.7 Å². The zero-order chi connectivity index (χ0) is 37.1. The van der Waals surface area contributed by atoms with Crippen LogP contribution in [0.3, 0.4) is 0 Å². The van der Waals surface area contributed by atoms with Crippen LogP contribution in [0.15, 0.2) is 24.3 Å². The third-order valence-corrected chi connectivity index (χ3v) is 12.4. The second kappa shape index (κ2) is 14.3. The van der Waals surface area contributed by atoms with Crippen molar-refractivity contribution in [2.45, 2.75) is 116 Å². The minimum absolute atomic E-state index is 0.0115. The molecule has 9 heteroatoms. The monoisotopic (exact) mass is 727 g/mol. The largest absolute Gasteiger partial charge is 0.459 e. The molecule has 0 saturated carbocycles. The Morgan fingerprint density at radius 2 is 1.00 bits per heavy atom. The molecular formula is C44H66N6O3+2. The van der Waals surface area contributed by atoms with Crippen LogP contribution in [0, 0.1) is 0 Å². The minimum atomic E-state index is -0.485. The van der Waals surface area contributed by atoms with Gasteiger partial charge in [-0.05, 0) is 70.9 Å². The van der Waals surface area contributed by atoms with E-state index in [1.165, 1.54) is 86.0 Å². The van der Waals surface area contributed by atoms with Gasteiger partial charge in [0.05, 0.1) is 90.7 Å². The van der Waals surface area contributed by atoms with E-state index in [-0.39, 0.29) is 10.8 Å². The molecular weight excluding hydrogens is 661 g/mol. The van der Waals surface area contributed by atoms with Crippen molar-refractivity contribution in [3.63, 3.8) is 0 Å². The summed E-state index contributed by atoms with van der Waals surface area (Å²) in [5.41, 5.74) is 7.22. The van der Waals surface area contributed by atoms with Crippen LogP contribution in [-0.4, -0.2) is 120 Å². The van der Waals surface area contributed by atoms with Gasteiger partial charge in [-0.3, -0.25) is 33.5 Å². The molecule has 288 valence electrons. The average Bonchev–Trinajstić information content (AvgIpc) is 3.11. The molecule has 9 nitrogen and oxygen atoms in total. The van der Waals surface area contributed by atoms with Gasteiger partial charge in [-0.25, -0.2) is 0 Å². The molecule has 2 fully saturated rings. The molecule has 2 bridgehead atoms. The number of rotatable bonds is 8. The highest BCUT2D eigenvalue weighted by molar-refractivity contribution is 5.77. The molecule has 0 aromatic heterocycles. The van der Waals surface area contributed by atoms with Gasteiger partial charge in [0.2, 0.25) is 12.6 Å². The van der Waals surface area contributed by atoms with Crippen molar-refractivity contribution in [1.29, 1.82) is 0 Å². The molecule has 2 saturated heterocycles. The number of guanidine groups is 2. The highest BCUT2D eigenvalue weighted by Crippen LogP contribution is 2.52. The summed E-state index contributed by atoms with van der Waals surface area (Å²) in [5.74, 6) is 4.80. The Hall–Kier alpha value is -3.46. The van der Waals surface area contributed by atoms with E-state index in [0.717, 1.165) is 87.6 Å².